The Kier molecular flexibility index (Phi) is 2.78. The summed E-state index contributed by atoms with van der Waals surface area (Å²) in [6.07, 6.45) is -0.717. The van der Waals surface area contributed by atoms with Crippen LogP contribution in [0.15, 0.2) is 24.3 Å². The van der Waals surface area contributed by atoms with Crippen LogP contribution < -0.4 is 5.73 Å². The van der Waals surface area contributed by atoms with E-state index in [0.717, 1.165) is 0 Å². The molecule has 0 spiro atoms. The van der Waals surface area contributed by atoms with Gasteiger partial charge in [-0.25, -0.2) is 4.39 Å². The molecule has 1 unspecified atom stereocenters. The van der Waals surface area contributed by atoms with Gasteiger partial charge in [0.25, 0.3) is 0 Å². The van der Waals surface area contributed by atoms with E-state index in [4.69, 9.17) is 5.73 Å². The van der Waals surface area contributed by atoms with Crippen LogP contribution in [0.5, 0.6) is 0 Å². The molecule has 66 valence electrons. The number of aliphatic hydroxyl groups is 1. The molecule has 3 heteroatoms. The zero-order valence-corrected chi connectivity index (χ0v) is 6.87. The second kappa shape index (κ2) is 3.65. The molecule has 2 nitrogen and oxygen atoms in total. The monoisotopic (exact) mass is 169 g/mol. The smallest absolute Gasteiger partial charge is 0.123 e. The SMILES string of the molecule is CC(N)[C@H](O)c1ccc(F)cc1. The Morgan fingerprint density at radius 3 is 2.25 bits per heavy atom. The normalized spacial score (nSPS) is 15.7. The maximum atomic E-state index is 12.4. The zero-order chi connectivity index (χ0) is 9.14. The molecule has 0 bridgehead atoms. The van der Waals surface area contributed by atoms with Crippen molar-refractivity contribution in [3.8, 4) is 0 Å². The molecular weight excluding hydrogens is 157 g/mol. The fourth-order valence-electron chi connectivity index (χ4n) is 0.964. The minimum atomic E-state index is -0.717. The first-order valence-corrected chi connectivity index (χ1v) is 3.80. The van der Waals surface area contributed by atoms with Crippen LogP contribution >= 0.6 is 0 Å². The molecule has 0 fully saturated rings. The van der Waals surface area contributed by atoms with E-state index in [9.17, 15) is 9.50 Å². The van der Waals surface area contributed by atoms with Crippen LogP contribution in [0.1, 0.15) is 18.6 Å². The van der Waals surface area contributed by atoms with Crippen molar-refractivity contribution >= 4 is 0 Å². The molecule has 0 radical (unpaired) electrons. The fourth-order valence-corrected chi connectivity index (χ4v) is 0.964. The zero-order valence-electron chi connectivity index (χ0n) is 6.87. The average Bonchev–Trinajstić information content (AvgIpc) is 2.04. The van der Waals surface area contributed by atoms with Gasteiger partial charge in [-0.2, -0.15) is 0 Å². The average molecular weight is 169 g/mol. The third-order valence-corrected chi connectivity index (χ3v) is 1.71. The van der Waals surface area contributed by atoms with Crippen LogP contribution in [0.3, 0.4) is 0 Å². The van der Waals surface area contributed by atoms with Crippen LogP contribution in [0.25, 0.3) is 0 Å². The maximum absolute atomic E-state index is 12.4. The highest BCUT2D eigenvalue weighted by Crippen LogP contribution is 2.15. The van der Waals surface area contributed by atoms with Crippen molar-refractivity contribution in [1.82, 2.24) is 0 Å². The minimum absolute atomic E-state index is 0.310. The van der Waals surface area contributed by atoms with Gasteiger partial charge in [0.15, 0.2) is 0 Å². The lowest BCUT2D eigenvalue weighted by Crippen LogP contribution is -2.24. The minimum Gasteiger partial charge on any atom is -0.387 e. The number of benzene rings is 1. The molecule has 0 amide bonds. The summed E-state index contributed by atoms with van der Waals surface area (Å²) in [5, 5.41) is 9.44. The largest absolute Gasteiger partial charge is 0.387 e. The molecule has 1 aromatic rings. The number of aliphatic hydroxyl groups excluding tert-OH is 1. The fraction of sp³-hybridized carbons (Fsp3) is 0.333. The lowest BCUT2D eigenvalue weighted by molar-refractivity contribution is 0.153. The Hall–Kier alpha value is -0.930. The predicted molar refractivity (Wildman–Crippen MR) is 45.0 cm³/mol. The summed E-state index contributed by atoms with van der Waals surface area (Å²) < 4.78 is 12.4. The molecule has 12 heavy (non-hydrogen) atoms. The Labute approximate surface area is 70.8 Å². The van der Waals surface area contributed by atoms with E-state index in [0.29, 0.717) is 5.56 Å². The summed E-state index contributed by atoms with van der Waals surface area (Å²) in [5.74, 6) is -0.310. The van der Waals surface area contributed by atoms with Crippen LogP contribution in [0.2, 0.25) is 0 Å². The summed E-state index contributed by atoms with van der Waals surface area (Å²) in [7, 11) is 0. The van der Waals surface area contributed by atoms with Crippen molar-refractivity contribution in [3.05, 3.63) is 35.6 Å². The van der Waals surface area contributed by atoms with Gasteiger partial charge >= 0.3 is 0 Å². The quantitative estimate of drug-likeness (QED) is 0.699. The van der Waals surface area contributed by atoms with Gasteiger partial charge in [-0.1, -0.05) is 12.1 Å². The molecule has 0 heterocycles. The summed E-state index contributed by atoms with van der Waals surface area (Å²) in [5.41, 5.74) is 6.11. The summed E-state index contributed by atoms with van der Waals surface area (Å²) >= 11 is 0. The van der Waals surface area contributed by atoms with Crippen molar-refractivity contribution in [3.63, 3.8) is 0 Å². The van der Waals surface area contributed by atoms with Crippen molar-refractivity contribution < 1.29 is 9.50 Å². The molecule has 0 aliphatic carbocycles. The molecule has 1 aromatic carbocycles. The Bertz CT molecular complexity index is 245. The molecule has 0 aromatic heterocycles. The second-order valence-electron chi connectivity index (χ2n) is 2.86. The lowest BCUT2D eigenvalue weighted by Gasteiger charge is -2.14. The van der Waals surface area contributed by atoms with E-state index in [1.54, 1.807) is 6.92 Å². The van der Waals surface area contributed by atoms with Crippen molar-refractivity contribution in [2.75, 3.05) is 0 Å². The van der Waals surface area contributed by atoms with Crippen LogP contribution in [-0.4, -0.2) is 11.1 Å². The third-order valence-electron chi connectivity index (χ3n) is 1.71. The molecule has 0 saturated carbocycles. The van der Waals surface area contributed by atoms with E-state index in [2.05, 4.69) is 0 Å². The topological polar surface area (TPSA) is 46.2 Å². The first-order valence-electron chi connectivity index (χ1n) is 3.80. The Balaban J connectivity index is 2.82. The van der Waals surface area contributed by atoms with Crippen molar-refractivity contribution in [2.24, 2.45) is 5.73 Å². The lowest BCUT2D eigenvalue weighted by atomic mass is 10.0. The number of nitrogens with two attached hydrogens (primary N) is 1. The Morgan fingerprint density at radius 2 is 1.83 bits per heavy atom. The van der Waals surface area contributed by atoms with Crippen molar-refractivity contribution in [2.45, 2.75) is 19.1 Å². The third kappa shape index (κ3) is 2.03. The first-order chi connectivity index (χ1) is 5.61. The molecule has 0 aliphatic rings. The van der Waals surface area contributed by atoms with E-state index in [1.165, 1.54) is 24.3 Å². The van der Waals surface area contributed by atoms with Crippen molar-refractivity contribution in [1.29, 1.82) is 0 Å². The molecular formula is C9H12FNO. The molecule has 1 rings (SSSR count). The van der Waals surface area contributed by atoms with E-state index < -0.39 is 6.10 Å². The van der Waals surface area contributed by atoms with Gasteiger partial charge in [0.05, 0.1) is 6.10 Å². The second-order valence-corrected chi connectivity index (χ2v) is 2.86. The van der Waals surface area contributed by atoms with Crippen LogP contribution in [0.4, 0.5) is 4.39 Å². The van der Waals surface area contributed by atoms with E-state index in [-0.39, 0.29) is 11.9 Å². The van der Waals surface area contributed by atoms with Crippen LogP contribution in [-0.2, 0) is 0 Å². The van der Waals surface area contributed by atoms with Crippen LogP contribution in [0, 0.1) is 5.82 Å². The van der Waals surface area contributed by atoms with Gasteiger partial charge in [-0.15, -0.1) is 0 Å². The van der Waals surface area contributed by atoms with E-state index in [1.807, 2.05) is 0 Å². The number of hydrogen-bond donors (Lipinski definition) is 2. The van der Waals surface area contributed by atoms with Gasteiger partial charge in [0, 0.05) is 6.04 Å². The number of rotatable bonds is 2. The van der Waals surface area contributed by atoms with Gasteiger partial charge in [0.1, 0.15) is 5.82 Å². The molecule has 0 aliphatic heterocycles. The number of hydrogen-bond acceptors (Lipinski definition) is 2. The highest BCUT2D eigenvalue weighted by atomic mass is 19.1. The van der Waals surface area contributed by atoms with Gasteiger partial charge in [0.2, 0.25) is 0 Å². The molecule has 0 saturated heterocycles. The molecule has 2 atom stereocenters. The summed E-state index contributed by atoms with van der Waals surface area (Å²) in [6.45, 7) is 1.70. The Morgan fingerprint density at radius 1 is 1.33 bits per heavy atom. The van der Waals surface area contributed by atoms with E-state index >= 15 is 0 Å². The van der Waals surface area contributed by atoms with Gasteiger partial charge in [-0.05, 0) is 24.6 Å². The van der Waals surface area contributed by atoms with Gasteiger partial charge in [-0.3, -0.25) is 0 Å². The highest BCUT2D eigenvalue weighted by Gasteiger charge is 2.11. The van der Waals surface area contributed by atoms with Gasteiger partial charge < -0.3 is 10.8 Å². The highest BCUT2D eigenvalue weighted by molar-refractivity contribution is 5.19. The maximum Gasteiger partial charge on any atom is 0.123 e. The number of halogens is 1. The standard InChI is InChI=1S/C9H12FNO/c1-6(11)9(12)7-2-4-8(10)5-3-7/h2-6,9,12H,11H2,1H3/t6?,9-/m0/s1. The summed E-state index contributed by atoms with van der Waals surface area (Å²) in [6, 6.07) is 5.34. The summed E-state index contributed by atoms with van der Waals surface area (Å²) in [4.78, 5) is 0. The first kappa shape index (κ1) is 9.16. The molecule has 3 N–H and O–H groups in total. The predicted octanol–water partition coefficient (Wildman–Crippen LogP) is 1.21.